The van der Waals surface area contributed by atoms with Gasteiger partial charge in [0.05, 0.1) is 6.04 Å². The van der Waals surface area contributed by atoms with Crippen LogP contribution in [0, 0.1) is 0 Å². The van der Waals surface area contributed by atoms with Crippen molar-refractivity contribution < 1.29 is 4.79 Å². The molecule has 0 bridgehead atoms. The van der Waals surface area contributed by atoms with E-state index >= 15 is 0 Å². The van der Waals surface area contributed by atoms with Crippen molar-refractivity contribution in [2.75, 3.05) is 6.26 Å². The molecule has 5 heteroatoms. The Bertz CT molecular complexity index is 202. The Balaban J connectivity index is 0.00000196. The van der Waals surface area contributed by atoms with E-state index in [-0.39, 0.29) is 24.4 Å². The van der Waals surface area contributed by atoms with E-state index in [1.54, 1.807) is 6.92 Å². The van der Waals surface area contributed by atoms with Crippen LogP contribution >= 0.6 is 24.2 Å². The monoisotopic (exact) mass is 252 g/mol. The Morgan fingerprint density at radius 3 is 2.73 bits per heavy atom. The van der Waals surface area contributed by atoms with E-state index in [4.69, 9.17) is 5.73 Å². The molecule has 0 aliphatic heterocycles. The van der Waals surface area contributed by atoms with E-state index in [0.717, 1.165) is 12.8 Å². The normalized spacial score (nSPS) is 27.7. The molecule has 0 aromatic heterocycles. The Labute approximate surface area is 102 Å². The van der Waals surface area contributed by atoms with Gasteiger partial charge in [0, 0.05) is 11.3 Å². The maximum atomic E-state index is 11.4. The molecule has 15 heavy (non-hydrogen) atoms. The third kappa shape index (κ3) is 5.09. The molecule has 0 aromatic rings. The lowest BCUT2D eigenvalue weighted by Gasteiger charge is -2.29. The number of rotatable bonds is 3. The lowest BCUT2D eigenvalue weighted by atomic mass is 9.95. The molecule has 1 fully saturated rings. The molecule has 90 valence electrons. The highest BCUT2D eigenvalue weighted by Gasteiger charge is 2.23. The van der Waals surface area contributed by atoms with Crippen LogP contribution in [0.3, 0.4) is 0 Å². The molecular formula is C10H21ClN2OS. The smallest absolute Gasteiger partial charge is 0.236 e. The first-order valence-electron chi connectivity index (χ1n) is 5.22. The van der Waals surface area contributed by atoms with Gasteiger partial charge in [-0.15, -0.1) is 12.4 Å². The fourth-order valence-electron chi connectivity index (χ4n) is 1.82. The summed E-state index contributed by atoms with van der Waals surface area (Å²) in [4.78, 5) is 11.4. The van der Waals surface area contributed by atoms with Crippen molar-refractivity contribution >= 4 is 30.1 Å². The number of nitrogens with one attached hydrogen (secondary N) is 1. The van der Waals surface area contributed by atoms with Gasteiger partial charge in [-0.05, 0) is 32.4 Å². The van der Waals surface area contributed by atoms with Gasteiger partial charge in [-0.1, -0.05) is 6.42 Å². The van der Waals surface area contributed by atoms with Gasteiger partial charge in [-0.25, -0.2) is 0 Å². The number of thioether (sulfide) groups is 1. The maximum Gasteiger partial charge on any atom is 0.236 e. The molecule has 3 atom stereocenters. The van der Waals surface area contributed by atoms with Crippen LogP contribution < -0.4 is 11.1 Å². The fourth-order valence-corrected chi connectivity index (χ4v) is 2.65. The molecule has 0 heterocycles. The summed E-state index contributed by atoms with van der Waals surface area (Å²) in [6.07, 6.45) is 6.84. The molecule has 1 rings (SSSR count). The second kappa shape index (κ2) is 7.36. The average molecular weight is 253 g/mol. The SMILES string of the molecule is CSC1CCCC(NC(=O)[C@H](C)N)C1.Cl. The first kappa shape index (κ1) is 15.1. The second-order valence-electron chi connectivity index (χ2n) is 4.02. The van der Waals surface area contributed by atoms with Crippen LogP contribution in [0.4, 0.5) is 0 Å². The van der Waals surface area contributed by atoms with Crippen molar-refractivity contribution in [1.82, 2.24) is 5.32 Å². The van der Waals surface area contributed by atoms with E-state index in [1.165, 1.54) is 12.8 Å². The number of halogens is 1. The minimum absolute atomic E-state index is 0. The largest absolute Gasteiger partial charge is 0.352 e. The second-order valence-corrected chi connectivity index (χ2v) is 5.16. The summed E-state index contributed by atoms with van der Waals surface area (Å²) in [6.45, 7) is 1.73. The molecule has 2 unspecified atom stereocenters. The van der Waals surface area contributed by atoms with Crippen molar-refractivity contribution in [2.24, 2.45) is 5.73 Å². The highest BCUT2D eigenvalue weighted by Crippen LogP contribution is 2.26. The molecule has 0 aromatic carbocycles. The lowest BCUT2D eigenvalue weighted by molar-refractivity contribution is -0.122. The Hall–Kier alpha value is 0.0700. The van der Waals surface area contributed by atoms with E-state index in [9.17, 15) is 4.79 Å². The summed E-state index contributed by atoms with van der Waals surface area (Å²) in [5, 5.41) is 3.72. The predicted octanol–water partition coefficient (Wildman–Crippen LogP) is 1.55. The van der Waals surface area contributed by atoms with Crippen molar-refractivity contribution in [3.05, 3.63) is 0 Å². The molecule has 0 spiro atoms. The summed E-state index contributed by atoms with van der Waals surface area (Å²) in [6, 6.07) is -0.0376. The van der Waals surface area contributed by atoms with Crippen LogP contribution in [-0.4, -0.2) is 29.5 Å². The zero-order valence-electron chi connectivity index (χ0n) is 9.36. The van der Waals surface area contributed by atoms with Gasteiger partial charge in [0.2, 0.25) is 5.91 Å². The number of hydrogen-bond acceptors (Lipinski definition) is 3. The van der Waals surface area contributed by atoms with Gasteiger partial charge in [0.15, 0.2) is 0 Å². The van der Waals surface area contributed by atoms with E-state index in [0.29, 0.717) is 11.3 Å². The van der Waals surface area contributed by atoms with Crippen molar-refractivity contribution in [1.29, 1.82) is 0 Å². The quantitative estimate of drug-likeness (QED) is 0.801. The van der Waals surface area contributed by atoms with E-state index < -0.39 is 0 Å². The lowest BCUT2D eigenvalue weighted by Crippen LogP contribution is -2.45. The molecule has 3 nitrogen and oxygen atoms in total. The summed E-state index contributed by atoms with van der Waals surface area (Å²) < 4.78 is 0. The highest BCUT2D eigenvalue weighted by molar-refractivity contribution is 7.99. The summed E-state index contributed by atoms with van der Waals surface area (Å²) in [5.74, 6) is -0.0169. The molecule has 1 aliphatic carbocycles. The van der Waals surface area contributed by atoms with Gasteiger partial charge < -0.3 is 11.1 Å². The van der Waals surface area contributed by atoms with Gasteiger partial charge in [-0.2, -0.15) is 11.8 Å². The summed E-state index contributed by atoms with van der Waals surface area (Å²) in [5.41, 5.74) is 5.50. The number of hydrogen-bond donors (Lipinski definition) is 2. The molecule has 0 radical (unpaired) electrons. The average Bonchev–Trinajstić information content (AvgIpc) is 2.18. The standard InChI is InChI=1S/C10H20N2OS.ClH/c1-7(11)10(13)12-8-4-3-5-9(6-8)14-2;/h7-9H,3-6,11H2,1-2H3,(H,12,13);1H/t7-,8?,9?;/m0./s1. The first-order chi connectivity index (χ1) is 6.63. The number of carbonyl (C=O) groups excluding carboxylic acids is 1. The van der Waals surface area contributed by atoms with Crippen molar-refractivity contribution in [3.63, 3.8) is 0 Å². The topological polar surface area (TPSA) is 55.1 Å². The summed E-state index contributed by atoms with van der Waals surface area (Å²) in [7, 11) is 0. The van der Waals surface area contributed by atoms with Crippen LogP contribution in [0.5, 0.6) is 0 Å². The Kier molecular flexibility index (Phi) is 7.40. The van der Waals surface area contributed by atoms with E-state index in [1.807, 2.05) is 11.8 Å². The molecule has 0 saturated heterocycles. The van der Waals surface area contributed by atoms with Crippen LogP contribution in [0.25, 0.3) is 0 Å². The van der Waals surface area contributed by atoms with Crippen LogP contribution in [0.2, 0.25) is 0 Å². The van der Waals surface area contributed by atoms with Crippen molar-refractivity contribution in [3.8, 4) is 0 Å². The number of amides is 1. The van der Waals surface area contributed by atoms with Gasteiger partial charge in [-0.3, -0.25) is 4.79 Å². The highest BCUT2D eigenvalue weighted by atomic mass is 35.5. The van der Waals surface area contributed by atoms with Crippen LogP contribution in [-0.2, 0) is 4.79 Å². The number of nitrogens with two attached hydrogens (primary N) is 1. The third-order valence-electron chi connectivity index (χ3n) is 2.72. The minimum Gasteiger partial charge on any atom is -0.352 e. The van der Waals surface area contributed by atoms with Gasteiger partial charge in [0.25, 0.3) is 0 Å². The third-order valence-corrected chi connectivity index (χ3v) is 3.81. The zero-order chi connectivity index (χ0) is 10.6. The van der Waals surface area contributed by atoms with Gasteiger partial charge in [0.1, 0.15) is 0 Å². The molecule has 1 saturated carbocycles. The fraction of sp³-hybridized carbons (Fsp3) is 0.900. The van der Waals surface area contributed by atoms with Crippen molar-refractivity contribution in [2.45, 2.75) is 49.9 Å². The van der Waals surface area contributed by atoms with Crippen LogP contribution in [0.1, 0.15) is 32.6 Å². The summed E-state index contributed by atoms with van der Waals surface area (Å²) >= 11 is 1.90. The number of carbonyl (C=O) groups is 1. The molecule has 1 aliphatic rings. The molecular weight excluding hydrogens is 232 g/mol. The molecule has 3 N–H and O–H groups in total. The van der Waals surface area contributed by atoms with Crippen LogP contribution in [0.15, 0.2) is 0 Å². The van der Waals surface area contributed by atoms with Gasteiger partial charge >= 0.3 is 0 Å². The minimum atomic E-state index is -0.385. The Morgan fingerprint density at radius 1 is 1.53 bits per heavy atom. The van der Waals surface area contributed by atoms with E-state index in [2.05, 4.69) is 11.6 Å². The predicted molar refractivity (Wildman–Crippen MR) is 68.6 cm³/mol. The molecule has 1 amide bonds. The zero-order valence-corrected chi connectivity index (χ0v) is 11.0. The first-order valence-corrected chi connectivity index (χ1v) is 6.51. The Morgan fingerprint density at radius 2 is 2.20 bits per heavy atom. The maximum absolute atomic E-state index is 11.4.